The number of carbonyl (C=O) groups is 1. The van der Waals surface area contributed by atoms with E-state index in [2.05, 4.69) is 10.4 Å². The Bertz CT molecular complexity index is 339. The van der Waals surface area contributed by atoms with E-state index in [0.717, 1.165) is 0 Å². The molecule has 1 unspecified atom stereocenters. The monoisotopic (exact) mass is 206 g/mol. The molecular weight excluding hydrogens is 192 g/mol. The predicted octanol–water partition coefficient (Wildman–Crippen LogP) is 0.549. The van der Waals surface area contributed by atoms with Gasteiger partial charge in [0.15, 0.2) is 0 Å². The third kappa shape index (κ3) is 3.43. The summed E-state index contributed by atoms with van der Waals surface area (Å²) in [6, 6.07) is 3.79. The molecular formula is C10H14N4O. The van der Waals surface area contributed by atoms with Gasteiger partial charge in [-0.3, -0.25) is 9.48 Å². The molecule has 1 rings (SSSR count). The fourth-order valence-electron chi connectivity index (χ4n) is 1.18. The summed E-state index contributed by atoms with van der Waals surface area (Å²) >= 11 is 0. The topological polar surface area (TPSA) is 70.7 Å². The van der Waals surface area contributed by atoms with E-state index in [1.54, 1.807) is 10.9 Å². The molecule has 0 aliphatic rings. The molecule has 15 heavy (non-hydrogen) atoms. The van der Waals surface area contributed by atoms with Crippen LogP contribution in [-0.4, -0.2) is 22.2 Å². The second-order valence-corrected chi connectivity index (χ2v) is 3.15. The van der Waals surface area contributed by atoms with Gasteiger partial charge in [-0.15, -0.1) is 0 Å². The average Bonchev–Trinajstić information content (AvgIpc) is 2.72. The first-order chi connectivity index (χ1) is 7.27. The normalized spacial score (nSPS) is 11.7. The smallest absolute Gasteiger partial charge is 0.237 e. The number of hydrogen-bond donors (Lipinski definition) is 1. The molecule has 0 saturated heterocycles. The van der Waals surface area contributed by atoms with Crippen LogP contribution >= 0.6 is 0 Å². The number of nitrogens with one attached hydrogen (secondary N) is 1. The summed E-state index contributed by atoms with van der Waals surface area (Å²) in [6.07, 6.45) is 4.06. The Morgan fingerprint density at radius 3 is 3.07 bits per heavy atom. The maximum Gasteiger partial charge on any atom is 0.237 e. The van der Waals surface area contributed by atoms with Crippen molar-refractivity contribution in [1.29, 1.82) is 5.26 Å². The molecule has 0 spiro atoms. The van der Waals surface area contributed by atoms with Crippen molar-refractivity contribution in [3.63, 3.8) is 0 Å². The van der Waals surface area contributed by atoms with E-state index in [-0.39, 0.29) is 5.91 Å². The molecule has 0 saturated carbocycles. The summed E-state index contributed by atoms with van der Waals surface area (Å²) in [5.74, 6) is -0.741. The van der Waals surface area contributed by atoms with E-state index >= 15 is 0 Å². The lowest BCUT2D eigenvalue weighted by Crippen LogP contribution is -2.32. The van der Waals surface area contributed by atoms with Crippen LogP contribution in [0.25, 0.3) is 0 Å². The molecule has 0 aromatic carbocycles. The second-order valence-electron chi connectivity index (χ2n) is 3.15. The van der Waals surface area contributed by atoms with Crippen LogP contribution in [0.4, 0.5) is 0 Å². The van der Waals surface area contributed by atoms with Crippen LogP contribution in [0.15, 0.2) is 18.5 Å². The van der Waals surface area contributed by atoms with Gasteiger partial charge >= 0.3 is 0 Å². The van der Waals surface area contributed by atoms with E-state index in [1.165, 1.54) is 0 Å². The van der Waals surface area contributed by atoms with Gasteiger partial charge in [0.2, 0.25) is 5.91 Å². The lowest BCUT2D eigenvalue weighted by atomic mass is 10.1. The molecule has 1 amide bonds. The van der Waals surface area contributed by atoms with Crippen LogP contribution in [0.5, 0.6) is 0 Å². The lowest BCUT2D eigenvalue weighted by Gasteiger charge is -2.07. The van der Waals surface area contributed by atoms with E-state index in [0.29, 0.717) is 19.5 Å². The molecule has 0 radical (unpaired) electrons. The Labute approximate surface area is 88.7 Å². The molecule has 1 aromatic heterocycles. The van der Waals surface area contributed by atoms with Crippen molar-refractivity contribution in [1.82, 2.24) is 15.1 Å². The largest absolute Gasteiger partial charge is 0.353 e. The fourth-order valence-corrected chi connectivity index (χ4v) is 1.18. The summed E-state index contributed by atoms with van der Waals surface area (Å²) < 4.78 is 1.73. The van der Waals surface area contributed by atoms with Gasteiger partial charge < -0.3 is 5.32 Å². The molecule has 80 valence electrons. The molecule has 1 heterocycles. The Balaban J connectivity index is 2.26. The third-order valence-corrected chi connectivity index (χ3v) is 2.08. The first-order valence-corrected chi connectivity index (χ1v) is 4.92. The van der Waals surface area contributed by atoms with Crippen molar-refractivity contribution in [2.45, 2.75) is 19.9 Å². The van der Waals surface area contributed by atoms with Crippen molar-refractivity contribution in [3.05, 3.63) is 18.5 Å². The highest BCUT2D eigenvalue weighted by Crippen LogP contribution is 1.99. The van der Waals surface area contributed by atoms with Gasteiger partial charge in [0.25, 0.3) is 0 Å². The molecule has 1 N–H and O–H groups in total. The second kappa shape index (κ2) is 5.81. The van der Waals surface area contributed by atoms with Crippen molar-refractivity contribution in [2.24, 2.45) is 5.92 Å². The number of nitriles is 1. The minimum Gasteiger partial charge on any atom is -0.353 e. The summed E-state index contributed by atoms with van der Waals surface area (Å²) in [6.45, 7) is 2.94. The maximum absolute atomic E-state index is 11.4. The molecule has 5 heteroatoms. The Morgan fingerprint density at radius 2 is 2.53 bits per heavy atom. The maximum atomic E-state index is 11.4. The number of amides is 1. The van der Waals surface area contributed by atoms with E-state index in [9.17, 15) is 4.79 Å². The number of rotatable bonds is 5. The zero-order valence-corrected chi connectivity index (χ0v) is 8.68. The summed E-state index contributed by atoms with van der Waals surface area (Å²) in [7, 11) is 0. The molecule has 0 fully saturated rings. The Kier molecular flexibility index (Phi) is 4.35. The van der Waals surface area contributed by atoms with Gasteiger partial charge in [-0.05, 0) is 12.5 Å². The molecule has 1 aromatic rings. The highest BCUT2D eigenvalue weighted by Gasteiger charge is 2.13. The number of aromatic nitrogens is 2. The lowest BCUT2D eigenvalue weighted by molar-refractivity contribution is -0.123. The molecule has 1 atom stereocenters. The van der Waals surface area contributed by atoms with Gasteiger partial charge in [-0.2, -0.15) is 10.4 Å². The van der Waals surface area contributed by atoms with Crippen LogP contribution in [0.1, 0.15) is 13.3 Å². The van der Waals surface area contributed by atoms with Gasteiger partial charge in [0, 0.05) is 18.9 Å². The molecule has 0 aliphatic carbocycles. The summed E-state index contributed by atoms with van der Waals surface area (Å²) in [4.78, 5) is 11.4. The van der Waals surface area contributed by atoms with Crippen molar-refractivity contribution in [2.75, 3.05) is 6.54 Å². The Hall–Kier alpha value is -1.83. The minimum atomic E-state index is -0.539. The van der Waals surface area contributed by atoms with Crippen LogP contribution in [0, 0.1) is 17.2 Å². The number of nitrogens with zero attached hydrogens (tertiary/aromatic N) is 3. The standard InChI is InChI=1S/C10H14N4O/c1-2-9(8-11)10(15)12-5-7-14-6-3-4-13-14/h3-4,6,9H,2,5,7H2,1H3,(H,12,15). The Morgan fingerprint density at radius 1 is 1.73 bits per heavy atom. The third-order valence-electron chi connectivity index (χ3n) is 2.08. The zero-order chi connectivity index (χ0) is 11.1. The summed E-state index contributed by atoms with van der Waals surface area (Å²) in [5.41, 5.74) is 0. The SMILES string of the molecule is CCC(C#N)C(=O)NCCn1cccn1. The average molecular weight is 206 g/mol. The van der Waals surface area contributed by atoms with E-state index in [4.69, 9.17) is 5.26 Å². The molecule has 5 nitrogen and oxygen atoms in total. The number of carbonyl (C=O) groups excluding carboxylic acids is 1. The first-order valence-electron chi connectivity index (χ1n) is 4.92. The zero-order valence-electron chi connectivity index (χ0n) is 8.68. The van der Waals surface area contributed by atoms with Crippen molar-refractivity contribution < 1.29 is 4.79 Å². The van der Waals surface area contributed by atoms with Gasteiger partial charge in [-0.1, -0.05) is 6.92 Å². The number of hydrogen-bond acceptors (Lipinski definition) is 3. The minimum absolute atomic E-state index is 0.202. The molecule has 0 aliphatic heterocycles. The van der Waals surface area contributed by atoms with E-state index in [1.807, 2.05) is 25.3 Å². The summed E-state index contributed by atoms with van der Waals surface area (Å²) in [5, 5.41) is 15.4. The van der Waals surface area contributed by atoms with E-state index < -0.39 is 5.92 Å². The van der Waals surface area contributed by atoms with Crippen LogP contribution in [0.3, 0.4) is 0 Å². The van der Waals surface area contributed by atoms with Gasteiger partial charge in [0.1, 0.15) is 5.92 Å². The van der Waals surface area contributed by atoms with Crippen molar-refractivity contribution >= 4 is 5.91 Å². The highest BCUT2D eigenvalue weighted by atomic mass is 16.1. The van der Waals surface area contributed by atoms with Crippen LogP contribution < -0.4 is 5.32 Å². The van der Waals surface area contributed by atoms with Gasteiger partial charge in [0.05, 0.1) is 12.6 Å². The predicted molar refractivity (Wildman–Crippen MR) is 54.6 cm³/mol. The van der Waals surface area contributed by atoms with Crippen molar-refractivity contribution in [3.8, 4) is 6.07 Å². The highest BCUT2D eigenvalue weighted by molar-refractivity contribution is 5.80. The van der Waals surface area contributed by atoms with Crippen LogP contribution in [0.2, 0.25) is 0 Å². The molecule has 0 bridgehead atoms. The van der Waals surface area contributed by atoms with Crippen LogP contribution in [-0.2, 0) is 11.3 Å². The fraction of sp³-hybridized carbons (Fsp3) is 0.500. The van der Waals surface area contributed by atoms with Gasteiger partial charge in [-0.25, -0.2) is 0 Å². The first kappa shape index (κ1) is 11.2. The quantitative estimate of drug-likeness (QED) is 0.764.